The summed E-state index contributed by atoms with van der Waals surface area (Å²) in [5.41, 5.74) is 5.80. The van der Waals surface area contributed by atoms with Crippen LogP contribution in [0.1, 0.15) is 30.3 Å². The highest BCUT2D eigenvalue weighted by molar-refractivity contribution is 5.95. The SMILES string of the molecule is C[C@H](N)[C@H]1CCCN(C(=O)c2ncccc2OCC(F)(F)F)C1. The van der Waals surface area contributed by atoms with E-state index in [4.69, 9.17) is 10.5 Å². The molecule has 0 radical (unpaired) electrons. The van der Waals surface area contributed by atoms with Gasteiger partial charge in [-0.25, -0.2) is 4.98 Å². The lowest BCUT2D eigenvalue weighted by molar-refractivity contribution is -0.153. The predicted octanol–water partition coefficient (Wildman–Crippen LogP) is 2.22. The van der Waals surface area contributed by atoms with E-state index in [0.29, 0.717) is 13.1 Å². The fourth-order valence-electron chi connectivity index (χ4n) is 2.60. The van der Waals surface area contributed by atoms with E-state index in [1.807, 2.05) is 6.92 Å². The summed E-state index contributed by atoms with van der Waals surface area (Å²) in [5, 5.41) is 0. The third-order valence-corrected chi connectivity index (χ3v) is 3.85. The molecule has 2 rings (SSSR count). The van der Waals surface area contributed by atoms with Gasteiger partial charge in [-0.15, -0.1) is 0 Å². The highest BCUT2D eigenvalue weighted by Crippen LogP contribution is 2.25. The van der Waals surface area contributed by atoms with Gasteiger partial charge < -0.3 is 15.4 Å². The molecule has 128 valence electrons. The molecule has 2 atom stereocenters. The number of halogens is 3. The second kappa shape index (κ2) is 7.16. The van der Waals surface area contributed by atoms with Crippen LogP contribution in [0.4, 0.5) is 13.2 Å². The Bertz CT molecular complexity index is 549. The molecule has 0 spiro atoms. The lowest BCUT2D eigenvalue weighted by Gasteiger charge is -2.34. The van der Waals surface area contributed by atoms with Crippen molar-refractivity contribution in [1.82, 2.24) is 9.88 Å². The van der Waals surface area contributed by atoms with E-state index >= 15 is 0 Å². The normalized spacial score (nSPS) is 20.2. The summed E-state index contributed by atoms with van der Waals surface area (Å²) in [4.78, 5) is 18.1. The van der Waals surface area contributed by atoms with Crippen LogP contribution >= 0.6 is 0 Å². The zero-order chi connectivity index (χ0) is 17.0. The highest BCUT2D eigenvalue weighted by Gasteiger charge is 2.31. The first-order valence-electron chi connectivity index (χ1n) is 7.47. The van der Waals surface area contributed by atoms with Gasteiger partial charge >= 0.3 is 6.18 Å². The average Bonchev–Trinajstić information content (AvgIpc) is 2.52. The molecule has 0 bridgehead atoms. The molecule has 0 unspecified atom stereocenters. The van der Waals surface area contributed by atoms with Gasteiger partial charge in [-0.3, -0.25) is 4.79 Å². The summed E-state index contributed by atoms with van der Waals surface area (Å²) in [6.45, 7) is 1.45. The molecular formula is C15H20F3N3O2. The number of piperidine rings is 1. The Balaban J connectivity index is 2.12. The van der Waals surface area contributed by atoms with Crippen LogP contribution < -0.4 is 10.5 Å². The van der Waals surface area contributed by atoms with E-state index in [2.05, 4.69) is 4.98 Å². The van der Waals surface area contributed by atoms with Crippen molar-refractivity contribution in [2.75, 3.05) is 19.7 Å². The monoisotopic (exact) mass is 331 g/mol. The molecule has 1 aliphatic rings. The van der Waals surface area contributed by atoms with Crippen molar-refractivity contribution in [1.29, 1.82) is 0 Å². The molecule has 5 nitrogen and oxygen atoms in total. The fraction of sp³-hybridized carbons (Fsp3) is 0.600. The molecule has 8 heteroatoms. The van der Waals surface area contributed by atoms with Crippen LogP contribution in [0.3, 0.4) is 0 Å². The largest absolute Gasteiger partial charge is 0.482 e. The zero-order valence-corrected chi connectivity index (χ0v) is 12.8. The third-order valence-electron chi connectivity index (χ3n) is 3.85. The van der Waals surface area contributed by atoms with Gasteiger partial charge in [0.1, 0.15) is 0 Å². The zero-order valence-electron chi connectivity index (χ0n) is 12.8. The molecule has 1 fully saturated rings. The Morgan fingerprint density at radius 3 is 2.96 bits per heavy atom. The number of amides is 1. The Morgan fingerprint density at radius 2 is 2.30 bits per heavy atom. The minimum absolute atomic E-state index is 0.0460. The van der Waals surface area contributed by atoms with E-state index in [9.17, 15) is 18.0 Å². The molecule has 1 saturated heterocycles. The van der Waals surface area contributed by atoms with Crippen LogP contribution in [0.15, 0.2) is 18.3 Å². The number of aromatic nitrogens is 1. The summed E-state index contributed by atoms with van der Waals surface area (Å²) in [6.07, 6.45) is -1.37. The Labute approximate surface area is 132 Å². The first kappa shape index (κ1) is 17.5. The lowest BCUT2D eigenvalue weighted by Crippen LogP contribution is -2.45. The van der Waals surface area contributed by atoms with E-state index in [1.165, 1.54) is 18.3 Å². The lowest BCUT2D eigenvalue weighted by atomic mass is 9.92. The number of likely N-dealkylation sites (tertiary alicyclic amines) is 1. The van der Waals surface area contributed by atoms with Crippen molar-refractivity contribution in [3.05, 3.63) is 24.0 Å². The number of ether oxygens (including phenoxy) is 1. The van der Waals surface area contributed by atoms with Gasteiger partial charge in [0.05, 0.1) is 0 Å². The first-order chi connectivity index (χ1) is 10.8. The summed E-state index contributed by atoms with van der Waals surface area (Å²) in [5.74, 6) is -0.401. The van der Waals surface area contributed by atoms with Crippen molar-refractivity contribution in [3.63, 3.8) is 0 Å². The van der Waals surface area contributed by atoms with Gasteiger partial charge in [-0.2, -0.15) is 13.2 Å². The Hall–Kier alpha value is -1.83. The summed E-state index contributed by atoms with van der Waals surface area (Å²) in [7, 11) is 0. The molecule has 1 aliphatic heterocycles. The molecule has 2 N–H and O–H groups in total. The van der Waals surface area contributed by atoms with Crippen molar-refractivity contribution in [2.24, 2.45) is 11.7 Å². The maximum atomic E-state index is 12.6. The van der Waals surface area contributed by atoms with Gasteiger partial charge in [-0.05, 0) is 37.8 Å². The van der Waals surface area contributed by atoms with E-state index in [-0.39, 0.29) is 23.4 Å². The highest BCUT2D eigenvalue weighted by atomic mass is 19.4. The minimum Gasteiger partial charge on any atom is -0.482 e. The molecule has 0 saturated carbocycles. The number of hydrogen-bond donors (Lipinski definition) is 1. The topological polar surface area (TPSA) is 68.5 Å². The van der Waals surface area contributed by atoms with Crippen LogP contribution in [0, 0.1) is 5.92 Å². The number of hydrogen-bond acceptors (Lipinski definition) is 4. The van der Waals surface area contributed by atoms with E-state index in [0.717, 1.165) is 12.8 Å². The van der Waals surface area contributed by atoms with Crippen molar-refractivity contribution in [2.45, 2.75) is 32.0 Å². The number of carbonyl (C=O) groups is 1. The smallest absolute Gasteiger partial charge is 0.422 e. The number of pyridine rings is 1. The summed E-state index contributed by atoms with van der Waals surface area (Å²) >= 11 is 0. The third kappa shape index (κ3) is 4.82. The van der Waals surface area contributed by atoms with Gasteiger partial charge in [0.25, 0.3) is 5.91 Å². The number of rotatable bonds is 4. The second-order valence-electron chi connectivity index (χ2n) is 5.77. The number of nitrogens with zero attached hydrogens (tertiary/aromatic N) is 2. The maximum absolute atomic E-state index is 12.6. The molecule has 0 aliphatic carbocycles. The van der Waals surface area contributed by atoms with Crippen LogP contribution in [0.25, 0.3) is 0 Å². The van der Waals surface area contributed by atoms with Crippen molar-refractivity contribution >= 4 is 5.91 Å². The molecule has 1 aromatic rings. The van der Waals surface area contributed by atoms with Gasteiger partial charge in [0.2, 0.25) is 0 Å². The number of alkyl halides is 3. The van der Waals surface area contributed by atoms with Crippen LogP contribution in [-0.2, 0) is 0 Å². The molecule has 1 amide bonds. The second-order valence-corrected chi connectivity index (χ2v) is 5.77. The first-order valence-corrected chi connectivity index (χ1v) is 7.47. The van der Waals surface area contributed by atoms with Crippen LogP contribution in [0.2, 0.25) is 0 Å². The van der Waals surface area contributed by atoms with Crippen molar-refractivity contribution in [3.8, 4) is 5.75 Å². The van der Waals surface area contributed by atoms with E-state index < -0.39 is 18.7 Å². The minimum atomic E-state index is -4.47. The quantitative estimate of drug-likeness (QED) is 0.918. The Morgan fingerprint density at radius 1 is 1.57 bits per heavy atom. The summed E-state index contributed by atoms with van der Waals surface area (Å²) in [6, 6.07) is 2.71. The van der Waals surface area contributed by atoms with Gasteiger partial charge in [-0.1, -0.05) is 0 Å². The van der Waals surface area contributed by atoms with Crippen LogP contribution in [0.5, 0.6) is 5.75 Å². The fourth-order valence-corrected chi connectivity index (χ4v) is 2.60. The number of nitrogens with two attached hydrogens (primary N) is 1. The molecule has 23 heavy (non-hydrogen) atoms. The molecule has 2 heterocycles. The molecule has 1 aromatic heterocycles. The van der Waals surface area contributed by atoms with Crippen LogP contribution in [-0.4, -0.2) is 47.7 Å². The van der Waals surface area contributed by atoms with E-state index in [1.54, 1.807) is 4.90 Å². The van der Waals surface area contributed by atoms with Crippen molar-refractivity contribution < 1.29 is 22.7 Å². The van der Waals surface area contributed by atoms with Gasteiger partial charge in [0.15, 0.2) is 18.1 Å². The Kier molecular flexibility index (Phi) is 5.46. The van der Waals surface area contributed by atoms with Gasteiger partial charge in [0, 0.05) is 25.3 Å². The summed E-state index contributed by atoms with van der Waals surface area (Å²) < 4.78 is 41.7. The maximum Gasteiger partial charge on any atom is 0.422 e. The molecular weight excluding hydrogens is 311 g/mol. The standard InChI is InChI=1S/C15H20F3N3O2/c1-10(19)11-4-3-7-21(8-11)14(22)13-12(5-2-6-20-13)23-9-15(16,17)18/h2,5-6,10-11H,3-4,7-9,19H2,1H3/t10-,11-/m0/s1. The average molecular weight is 331 g/mol. The molecule has 0 aromatic carbocycles. The number of carbonyl (C=O) groups excluding carboxylic acids is 1. The predicted molar refractivity (Wildman–Crippen MR) is 78.1 cm³/mol.